The second-order valence-electron chi connectivity index (χ2n) is 25.3. The number of unbranched alkanes of at least 4 members (excludes halogenated alkanes) is 1. The fourth-order valence-electron chi connectivity index (χ4n) is 9.91. The van der Waals surface area contributed by atoms with Crippen LogP contribution in [0.5, 0.6) is 0 Å². The molecule has 5 amide bonds. The number of carbonyl (C=O) groups is 6. The van der Waals surface area contributed by atoms with Gasteiger partial charge in [0.1, 0.15) is 6.04 Å². The molecule has 1 aromatic heterocycles. The first-order valence-electron chi connectivity index (χ1n) is 40.3. The monoisotopic (exact) mass is 1650 g/mol. The van der Waals surface area contributed by atoms with E-state index in [1.165, 1.54) is 42.4 Å². The van der Waals surface area contributed by atoms with Crippen molar-refractivity contribution in [2.45, 2.75) is 110 Å². The Labute approximate surface area is 673 Å². The lowest BCUT2D eigenvalue weighted by atomic mass is 9.87. The molecule has 3 atom stereocenters. The number of fused-ring (bicyclic) bond motifs is 1. The number of thiazole rings is 1. The summed E-state index contributed by atoms with van der Waals surface area (Å²) in [6, 6.07) is -1.64. The smallest absolute Gasteiger partial charge is 0.248 e. The number of ether oxygens (including phenoxy) is 24. The molecule has 113 heavy (non-hydrogen) atoms. The minimum Gasteiger partial charge on any atom is -0.379 e. The average Bonchev–Trinajstić information content (AvgIpc) is 1.69. The van der Waals surface area contributed by atoms with Gasteiger partial charge in [0.05, 0.1) is 322 Å². The van der Waals surface area contributed by atoms with Gasteiger partial charge in [0, 0.05) is 50.6 Å². The normalized spacial score (nSPS) is 13.3. The molecule has 37 heteroatoms. The second-order valence-corrected chi connectivity index (χ2v) is 26.4. The number of ketones is 1. The lowest BCUT2D eigenvalue weighted by Crippen LogP contribution is -2.44. The number of primary amides is 1. The van der Waals surface area contributed by atoms with E-state index in [1.807, 2.05) is 0 Å². The van der Waals surface area contributed by atoms with Crippen LogP contribution in [0.1, 0.15) is 95.6 Å². The fraction of sp³-hybridized carbons (Fsp3) is 0.882. The Morgan fingerprint density at radius 3 is 1.04 bits per heavy atom. The molecule has 660 valence electrons. The maximum absolute atomic E-state index is 13.2. The van der Waals surface area contributed by atoms with E-state index >= 15 is 0 Å². The summed E-state index contributed by atoms with van der Waals surface area (Å²) >= 11 is 1.48. The van der Waals surface area contributed by atoms with Crippen molar-refractivity contribution in [2.24, 2.45) is 11.7 Å². The lowest BCUT2D eigenvalue weighted by molar-refractivity contribution is -0.128. The lowest BCUT2D eigenvalue weighted by Gasteiger charge is -2.20. The van der Waals surface area contributed by atoms with Crippen molar-refractivity contribution in [3.8, 4) is 0 Å². The molecule has 36 nitrogen and oxygen atoms in total. The Morgan fingerprint density at radius 2 is 0.717 bits per heavy atom. The summed E-state index contributed by atoms with van der Waals surface area (Å²) in [5.41, 5.74) is 6.07. The Hall–Kier alpha value is -4.31. The first kappa shape index (κ1) is 105. The molecule has 1 aromatic rings. The van der Waals surface area contributed by atoms with Crippen molar-refractivity contribution >= 4 is 51.8 Å². The third kappa shape index (κ3) is 71.5. The van der Waals surface area contributed by atoms with Gasteiger partial charge in [-0.05, 0) is 44.9 Å². The SMILES string of the molecule is CCCC[C@H]1CCc2nc(NC(=O)[C@H](CCC(=O)N[C@@H](C)C(=O)CCCOCCOCCOCCOCCOCCOCCOCCOCCOCCOCCOCCOCCC(=O)NCCOCCOCCOCCOCCOCCOCCOCCOCCOCCOCCOCCOCCC(N)=O)NC(C)=O)sc2C1. The van der Waals surface area contributed by atoms with Crippen molar-refractivity contribution in [3.63, 3.8) is 0 Å². The number of amides is 5. The van der Waals surface area contributed by atoms with Crippen LogP contribution in [0, 0.1) is 5.92 Å². The van der Waals surface area contributed by atoms with Crippen molar-refractivity contribution in [2.75, 3.05) is 329 Å². The summed E-state index contributed by atoms with van der Waals surface area (Å²) < 4.78 is 132. The van der Waals surface area contributed by atoms with Gasteiger partial charge in [0.2, 0.25) is 29.5 Å². The quantitative estimate of drug-likeness (QED) is 0.0584. The molecule has 1 aliphatic carbocycles. The van der Waals surface area contributed by atoms with E-state index in [9.17, 15) is 28.8 Å². The topological polar surface area (TPSA) is 411 Å². The third-order valence-corrected chi connectivity index (χ3v) is 16.9. The number of hydrogen-bond donors (Lipinski definition) is 5. The summed E-state index contributed by atoms with van der Waals surface area (Å²) in [6.45, 7) is 26.3. The highest BCUT2D eigenvalue weighted by atomic mass is 32.1. The van der Waals surface area contributed by atoms with Crippen LogP contribution in [0.25, 0.3) is 0 Å². The number of carbonyl (C=O) groups excluding carboxylic acids is 6. The van der Waals surface area contributed by atoms with Gasteiger partial charge >= 0.3 is 0 Å². The number of rotatable bonds is 90. The largest absolute Gasteiger partial charge is 0.379 e. The zero-order chi connectivity index (χ0) is 81.3. The van der Waals surface area contributed by atoms with Gasteiger partial charge < -0.3 is 141 Å². The maximum Gasteiger partial charge on any atom is 0.248 e. The molecule has 2 rings (SSSR count). The minimum atomic E-state index is -0.927. The van der Waals surface area contributed by atoms with Crippen molar-refractivity contribution in [3.05, 3.63) is 10.6 Å². The number of aryl methyl sites for hydroxylation is 1. The first-order chi connectivity index (χ1) is 55.5. The van der Waals surface area contributed by atoms with E-state index in [2.05, 4.69) is 33.2 Å². The van der Waals surface area contributed by atoms with Crippen LogP contribution in [-0.2, 0) is 155 Å². The molecule has 0 bridgehead atoms. The molecule has 0 fully saturated rings. The molecule has 1 heterocycles. The standard InChI is InChI=1S/C76H140N6O30S/c1-4-5-7-67-9-10-68-71(64-67)113-76(81-68)82-75(88)69(80-66(3)83)11-12-74(87)79-65(2)70(84)8-6-16-89-20-24-93-28-32-97-36-40-101-44-48-105-52-56-109-60-61-111-58-54-107-50-46-103-42-38-99-34-30-95-26-22-91-18-14-73(86)78-15-19-92-23-27-96-31-35-100-39-43-104-47-51-108-55-59-112-63-62-110-57-53-106-49-45-102-41-37-98-33-29-94-25-21-90-17-13-72(77)85/h65,67,69H,4-64H2,1-3H3,(H2,77,85)(H,78,86)(H,79,87)(H,80,83)(H,81,82,88)/t65-,67-,69-/m0/s1. The van der Waals surface area contributed by atoms with Crippen LogP contribution in [0.3, 0.4) is 0 Å². The number of nitrogens with one attached hydrogen (secondary N) is 4. The molecule has 0 radical (unpaired) electrons. The predicted octanol–water partition coefficient (Wildman–Crippen LogP) is 2.30. The highest BCUT2D eigenvalue weighted by Gasteiger charge is 2.27. The van der Waals surface area contributed by atoms with Gasteiger partial charge in [-0.2, -0.15) is 0 Å². The molecular formula is C76H140N6O30S. The van der Waals surface area contributed by atoms with Gasteiger partial charge in [-0.1, -0.05) is 26.2 Å². The van der Waals surface area contributed by atoms with Crippen LogP contribution in [0.2, 0.25) is 0 Å². The predicted molar refractivity (Wildman–Crippen MR) is 416 cm³/mol. The molecule has 0 spiro atoms. The van der Waals surface area contributed by atoms with Crippen LogP contribution >= 0.6 is 11.3 Å². The highest BCUT2D eigenvalue weighted by molar-refractivity contribution is 7.15. The number of nitrogens with zero attached hydrogens (tertiary/aromatic N) is 1. The second kappa shape index (κ2) is 81.4. The van der Waals surface area contributed by atoms with E-state index in [0.717, 1.165) is 25.0 Å². The summed E-state index contributed by atoms with van der Waals surface area (Å²) in [5.74, 6) is -1.19. The first-order valence-corrected chi connectivity index (χ1v) is 41.1. The zero-order valence-corrected chi connectivity index (χ0v) is 68.9. The van der Waals surface area contributed by atoms with Crippen LogP contribution in [-0.4, -0.2) is 376 Å². The van der Waals surface area contributed by atoms with E-state index in [1.54, 1.807) is 6.92 Å². The Balaban J connectivity index is 1.16. The maximum atomic E-state index is 13.2. The van der Waals surface area contributed by atoms with Crippen molar-refractivity contribution in [1.82, 2.24) is 20.9 Å². The zero-order valence-electron chi connectivity index (χ0n) is 68.0. The number of nitrogens with two attached hydrogens (primary N) is 1. The van der Waals surface area contributed by atoms with Gasteiger partial charge in [0.15, 0.2) is 10.9 Å². The average molecular weight is 1650 g/mol. The van der Waals surface area contributed by atoms with E-state index < -0.39 is 18.0 Å². The molecule has 0 saturated heterocycles. The molecule has 0 saturated carbocycles. The van der Waals surface area contributed by atoms with Crippen molar-refractivity contribution in [1.29, 1.82) is 0 Å². The highest BCUT2D eigenvalue weighted by Crippen LogP contribution is 2.34. The molecule has 1 aliphatic rings. The Morgan fingerprint density at radius 1 is 0.398 bits per heavy atom. The van der Waals surface area contributed by atoms with Crippen molar-refractivity contribution < 1.29 is 142 Å². The van der Waals surface area contributed by atoms with Gasteiger partial charge in [0.25, 0.3) is 0 Å². The Kier molecular flexibility index (Phi) is 75.5. The van der Waals surface area contributed by atoms with Gasteiger partial charge in [-0.3, -0.25) is 28.8 Å². The van der Waals surface area contributed by atoms with Crippen LogP contribution in [0.15, 0.2) is 0 Å². The van der Waals surface area contributed by atoms with Crippen LogP contribution in [0.4, 0.5) is 5.13 Å². The van der Waals surface area contributed by atoms with Gasteiger partial charge in [-0.25, -0.2) is 4.98 Å². The third-order valence-electron chi connectivity index (χ3n) is 15.9. The number of anilines is 1. The molecule has 0 aliphatic heterocycles. The Bertz CT molecular complexity index is 2370. The summed E-state index contributed by atoms with van der Waals surface area (Å²) in [7, 11) is 0. The molecule has 0 aromatic carbocycles. The fourth-order valence-corrected chi connectivity index (χ4v) is 11.0. The molecular weight excluding hydrogens is 1510 g/mol. The number of hydrogen-bond acceptors (Lipinski definition) is 32. The van der Waals surface area contributed by atoms with E-state index in [-0.39, 0.29) is 61.5 Å². The van der Waals surface area contributed by atoms with Crippen LogP contribution < -0.4 is 27.0 Å². The number of Topliss-reactive ketones (excluding diaryl/α,β-unsaturated/α-hetero) is 1. The number of aromatic nitrogens is 1. The molecule has 0 unspecified atom stereocenters. The van der Waals surface area contributed by atoms with Gasteiger partial charge in [-0.15, -0.1) is 11.3 Å². The van der Waals surface area contributed by atoms with E-state index in [0.29, 0.717) is 341 Å². The minimum absolute atomic E-state index is 0.0515. The summed E-state index contributed by atoms with van der Waals surface area (Å²) in [5, 5.41) is 11.5. The summed E-state index contributed by atoms with van der Waals surface area (Å²) in [4.78, 5) is 79.1. The molecule has 6 N–H and O–H groups in total. The van der Waals surface area contributed by atoms with E-state index in [4.69, 9.17) is 119 Å². The summed E-state index contributed by atoms with van der Waals surface area (Å²) in [6.07, 6.45) is 7.72.